The van der Waals surface area contributed by atoms with Crippen LogP contribution in [0, 0.1) is 6.92 Å². The molecule has 1 fully saturated rings. The number of amides is 1. The topological polar surface area (TPSA) is 80.0 Å². The Labute approximate surface area is 146 Å². The highest BCUT2D eigenvalue weighted by molar-refractivity contribution is 5.98. The highest BCUT2D eigenvalue weighted by Gasteiger charge is 2.25. The second kappa shape index (κ2) is 7.53. The maximum Gasteiger partial charge on any atom is 0.335 e. The van der Waals surface area contributed by atoms with Crippen molar-refractivity contribution in [2.75, 3.05) is 13.2 Å². The summed E-state index contributed by atoms with van der Waals surface area (Å²) in [6, 6.07) is 8.19. The largest absolute Gasteiger partial charge is 0.478 e. The molecule has 132 valence electrons. The molecule has 0 bridgehead atoms. The first-order chi connectivity index (χ1) is 12.0. The lowest BCUT2D eigenvalue weighted by Crippen LogP contribution is -2.37. The normalized spacial score (nSPS) is 16.8. The lowest BCUT2D eigenvalue weighted by molar-refractivity contribution is 0.0491. The van der Waals surface area contributed by atoms with Gasteiger partial charge in [0.1, 0.15) is 5.76 Å². The second-order valence-corrected chi connectivity index (χ2v) is 6.23. The van der Waals surface area contributed by atoms with Gasteiger partial charge in [-0.1, -0.05) is 6.07 Å². The van der Waals surface area contributed by atoms with Crippen molar-refractivity contribution in [1.29, 1.82) is 0 Å². The van der Waals surface area contributed by atoms with E-state index in [4.69, 9.17) is 9.15 Å². The quantitative estimate of drug-likeness (QED) is 0.872. The Morgan fingerprint density at radius 2 is 2.16 bits per heavy atom. The van der Waals surface area contributed by atoms with Crippen LogP contribution in [0.1, 0.15) is 44.9 Å². The fraction of sp³-hybridized carbons (Fsp3) is 0.368. The van der Waals surface area contributed by atoms with Crippen LogP contribution in [-0.4, -0.2) is 41.1 Å². The van der Waals surface area contributed by atoms with E-state index in [1.165, 1.54) is 12.1 Å². The standard InChI is InChI=1S/C19H21NO5/c1-13-6-7-14(19(22)23)10-17(13)18(21)20(11-15-4-2-8-24-15)12-16-5-3-9-25-16/h2,4,6-8,10,16H,3,5,9,11-12H2,1H3,(H,22,23). The third kappa shape index (κ3) is 4.09. The van der Waals surface area contributed by atoms with Gasteiger partial charge in [0, 0.05) is 18.7 Å². The third-order valence-electron chi connectivity index (χ3n) is 4.38. The molecule has 0 spiro atoms. The minimum absolute atomic E-state index is 0.00174. The SMILES string of the molecule is Cc1ccc(C(=O)O)cc1C(=O)N(Cc1ccco1)CC1CCCO1. The summed E-state index contributed by atoms with van der Waals surface area (Å²) in [5.41, 5.74) is 1.24. The molecule has 2 heterocycles. The molecule has 3 rings (SSSR count). The van der Waals surface area contributed by atoms with Crippen LogP contribution in [0.2, 0.25) is 0 Å². The number of aromatic carboxylic acids is 1. The van der Waals surface area contributed by atoms with Crippen molar-refractivity contribution in [1.82, 2.24) is 4.90 Å². The molecule has 1 N–H and O–H groups in total. The van der Waals surface area contributed by atoms with Crippen LogP contribution in [0.5, 0.6) is 0 Å². The van der Waals surface area contributed by atoms with Crippen molar-refractivity contribution in [2.24, 2.45) is 0 Å². The number of benzene rings is 1. The van der Waals surface area contributed by atoms with Crippen molar-refractivity contribution in [3.05, 3.63) is 59.0 Å². The number of carboxylic acid groups (broad SMARTS) is 1. The van der Waals surface area contributed by atoms with Gasteiger partial charge in [0.25, 0.3) is 5.91 Å². The van der Waals surface area contributed by atoms with E-state index in [0.717, 1.165) is 18.4 Å². The van der Waals surface area contributed by atoms with Gasteiger partial charge in [-0.05, 0) is 49.6 Å². The monoisotopic (exact) mass is 343 g/mol. The van der Waals surface area contributed by atoms with E-state index in [0.29, 0.717) is 31.0 Å². The zero-order valence-corrected chi connectivity index (χ0v) is 14.1. The first kappa shape index (κ1) is 17.2. The van der Waals surface area contributed by atoms with E-state index >= 15 is 0 Å². The molecule has 1 amide bonds. The highest BCUT2D eigenvalue weighted by Crippen LogP contribution is 2.20. The number of aryl methyl sites for hydroxylation is 1. The maximum atomic E-state index is 13.1. The molecule has 0 radical (unpaired) electrons. The van der Waals surface area contributed by atoms with Gasteiger partial charge >= 0.3 is 5.97 Å². The van der Waals surface area contributed by atoms with Crippen LogP contribution in [0.15, 0.2) is 41.0 Å². The van der Waals surface area contributed by atoms with Crippen molar-refractivity contribution in [3.8, 4) is 0 Å². The Balaban J connectivity index is 1.87. The molecular formula is C19H21NO5. The fourth-order valence-electron chi connectivity index (χ4n) is 3.00. The van der Waals surface area contributed by atoms with Crippen molar-refractivity contribution in [3.63, 3.8) is 0 Å². The van der Waals surface area contributed by atoms with Crippen molar-refractivity contribution in [2.45, 2.75) is 32.4 Å². The zero-order valence-electron chi connectivity index (χ0n) is 14.1. The molecule has 1 aliphatic rings. The molecule has 25 heavy (non-hydrogen) atoms. The molecule has 1 atom stereocenters. The van der Waals surface area contributed by atoms with Crippen LogP contribution >= 0.6 is 0 Å². The number of hydrogen-bond donors (Lipinski definition) is 1. The van der Waals surface area contributed by atoms with Gasteiger partial charge in [-0.25, -0.2) is 4.79 Å². The summed E-state index contributed by atoms with van der Waals surface area (Å²) in [7, 11) is 0. The predicted octanol–water partition coefficient (Wildman–Crippen LogP) is 3.11. The first-order valence-corrected chi connectivity index (χ1v) is 8.32. The zero-order chi connectivity index (χ0) is 17.8. The number of nitrogens with zero attached hydrogens (tertiary/aromatic N) is 1. The Bertz CT molecular complexity index is 747. The molecule has 0 aliphatic carbocycles. The summed E-state index contributed by atoms with van der Waals surface area (Å²) in [5.74, 6) is -0.586. The molecular weight excluding hydrogens is 322 g/mol. The van der Waals surface area contributed by atoms with Gasteiger partial charge in [0.05, 0.1) is 24.5 Å². The number of ether oxygens (including phenoxy) is 1. The van der Waals surface area contributed by atoms with E-state index in [-0.39, 0.29) is 17.6 Å². The lowest BCUT2D eigenvalue weighted by atomic mass is 10.0. The summed E-state index contributed by atoms with van der Waals surface area (Å²) >= 11 is 0. The van der Waals surface area contributed by atoms with Crippen molar-refractivity contribution < 1.29 is 23.8 Å². The average Bonchev–Trinajstić information content (AvgIpc) is 3.27. The predicted molar refractivity (Wildman–Crippen MR) is 90.6 cm³/mol. The molecule has 0 saturated carbocycles. The molecule has 1 aromatic heterocycles. The maximum absolute atomic E-state index is 13.1. The molecule has 1 aliphatic heterocycles. The minimum Gasteiger partial charge on any atom is -0.478 e. The first-order valence-electron chi connectivity index (χ1n) is 8.32. The third-order valence-corrected chi connectivity index (χ3v) is 4.38. The summed E-state index contributed by atoms with van der Waals surface area (Å²) in [4.78, 5) is 26.0. The number of rotatable bonds is 6. The number of carboxylic acids is 1. The summed E-state index contributed by atoms with van der Waals surface area (Å²) in [5, 5.41) is 9.20. The number of carbonyl (C=O) groups excluding carboxylic acids is 1. The number of hydrogen-bond acceptors (Lipinski definition) is 4. The molecule has 1 unspecified atom stereocenters. The van der Waals surface area contributed by atoms with Crippen LogP contribution in [0.25, 0.3) is 0 Å². The Hall–Kier alpha value is -2.60. The smallest absolute Gasteiger partial charge is 0.335 e. The molecule has 2 aromatic rings. The Morgan fingerprint density at radius 3 is 2.80 bits per heavy atom. The second-order valence-electron chi connectivity index (χ2n) is 6.23. The van der Waals surface area contributed by atoms with Gasteiger partial charge in [0.2, 0.25) is 0 Å². The van der Waals surface area contributed by atoms with E-state index in [1.54, 1.807) is 30.2 Å². The molecule has 6 heteroatoms. The van der Waals surface area contributed by atoms with Gasteiger partial charge in [0.15, 0.2) is 0 Å². The average molecular weight is 343 g/mol. The highest BCUT2D eigenvalue weighted by atomic mass is 16.5. The summed E-state index contributed by atoms with van der Waals surface area (Å²) in [6.45, 7) is 3.29. The molecule has 6 nitrogen and oxygen atoms in total. The van der Waals surface area contributed by atoms with Crippen LogP contribution < -0.4 is 0 Å². The number of furan rings is 1. The van der Waals surface area contributed by atoms with Gasteiger partial charge < -0.3 is 19.2 Å². The molecule has 1 saturated heterocycles. The Morgan fingerprint density at radius 1 is 1.32 bits per heavy atom. The van der Waals surface area contributed by atoms with Crippen LogP contribution in [0.3, 0.4) is 0 Å². The molecule has 1 aromatic carbocycles. The summed E-state index contributed by atoms with van der Waals surface area (Å²) < 4.78 is 11.0. The van der Waals surface area contributed by atoms with E-state index in [1.807, 2.05) is 6.07 Å². The van der Waals surface area contributed by atoms with Gasteiger partial charge in [-0.3, -0.25) is 4.79 Å². The minimum atomic E-state index is -1.05. The van der Waals surface area contributed by atoms with E-state index in [2.05, 4.69) is 0 Å². The fourth-order valence-corrected chi connectivity index (χ4v) is 3.00. The number of carbonyl (C=O) groups is 2. The van der Waals surface area contributed by atoms with E-state index < -0.39 is 5.97 Å². The lowest BCUT2D eigenvalue weighted by Gasteiger charge is -2.25. The van der Waals surface area contributed by atoms with E-state index in [9.17, 15) is 14.7 Å². The summed E-state index contributed by atoms with van der Waals surface area (Å²) in [6.07, 6.45) is 3.47. The van der Waals surface area contributed by atoms with Gasteiger partial charge in [-0.15, -0.1) is 0 Å². The van der Waals surface area contributed by atoms with Gasteiger partial charge in [-0.2, -0.15) is 0 Å². The van der Waals surface area contributed by atoms with Crippen LogP contribution in [0.4, 0.5) is 0 Å². The van der Waals surface area contributed by atoms with Crippen molar-refractivity contribution >= 4 is 11.9 Å². The Kier molecular flexibility index (Phi) is 5.19. The van der Waals surface area contributed by atoms with Crippen LogP contribution in [-0.2, 0) is 11.3 Å².